The summed E-state index contributed by atoms with van der Waals surface area (Å²) in [5.41, 5.74) is 3.34. The molecule has 0 aliphatic heterocycles. The van der Waals surface area contributed by atoms with Crippen LogP contribution in [-0.4, -0.2) is 24.9 Å². The number of aromatic nitrogens is 4. The van der Waals surface area contributed by atoms with Gasteiger partial charge in [0.05, 0.1) is 11.4 Å². The number of fused-ring (bicyclic) bond motifs is 1. The van der Waals surface area contributed by atoms with E-state index in [9.17, 15) is 4.79 Å². The molecule has 0 atom stereocenters. The van der Waals surface area contributed by atoms with Crippen LogP contribution in [0, 0.1) is 0 Å². The van der Waals surface area contributed by atoms with Gasteiger partial charge in [0.25, 0.3) is 5.91 Å². The molecule has 1 N–H and O–H groups in total. The first kappa shape index (κ1) is 15.9. The maximum absolute atomic E-state index is 12.5. The summed E-state index contributed by atoms with van der Waals surface area (Å²) in [4.78, 5) is 18.6. The molecular formula is C17H15N5OS2. The van der Waals surface area contributed by atoms with Gasteiger partial charge in [-0.25, -0.2) is 4.98 Å². The monoisotopic (exact) mass is 369 g/mol. The average Bonchev–Trinajstić information content (AvgIpc) is 3.31. The van der Waals surface area contributed by atoms with Gasteiger partial charge in [-0.3, -0.25) is 9.20 Å². The minimum atomic E-state index is -0.165. The van der Waals surface area contributed by atoms with Crippen LogP contribution in [0.2, 0.25) is 0 Å². The topological polar surface area (TPSA) is 72.2 Å². The normalized spacial score (nSPS) is 11.1. The molecule has 8 heteroatoms. The highest BCUT2D eigenvalue weighted by Gasteiger charge is 2.16. The molecule has 126 valence electrons. The van der Waals surface area contributed by atoms with E-state index in [1.165, 1.54) is 0 Å². The highest BCUT2D eigenvalue weighted by atomic mass is 32.1. The standard InChI is InChI=1S/C17H15N5OS2/c1-2-4-13-15(25-21-20-13)16(23)18-12-6-3-5-11(9-12)14-10-22-7-8-24-17(22)19-14/h3,5-10H,2,4H2,1H3,(H,18,23). The molecule has 4 rings (SSSR count). The quantitative estimate of drug-likeness (QED) is 0.574. The number of imidazole rings is 1. The number of carbonyl (C=O) groups excluding carboxylic acids is 1. The van der Waals surface area contributed by atoms with Crippen molar-refractivity contribution in [2.75, 3.05) is 5.32 Å². The smallest absolute Gasteiger partial charge is 0.269 e. The van der Waals surface area contributed by atoms with Crippen LogP contribution in [0.1, 0.15) is 28.7 Å². The highest BCUT2D eigenvalue weighted by molar-refractivity contribution is 7.15. The van der Waals surface area contributed by atoms with Crippen molar-refractivity contribution in [3.63, 3.8) is 0 Å². The second-order valence-corrected chi connectivity index (χ2v) is 7.18. The maximum atomic E-state index is 12.5. The number of aryl methyl sites for hydroxylation is 1. The minimum absolute atomic E-state index is 0.165. The second kappa shape index (κ2) is 6.73. The number of rotatable bonds is 5. The molecule has 1 aromatic carbocycles. The van der Waals surface area contributed by atoms with E-state index < -0.39 is 0 Å². The first-order chi connectivity index (χ1) is 12.2. The van der Waals surface area contributed by atoms with Gasteiger partial charge >= 0.3 is 0 Å². The van der Waals surface area contributed by atoms with E-state index >= 15 is 0 Å². The van der Waals surface area contributed by atoms with Gasteiger partial charge in [-0.2, -0.15) is 0 Å². The summed E-state index contributed by atoms with van der Waals surface area (Å²) in [6, 6.07) is 7.70. The van der Waals surface area contributed by atoms with E-state index in [0.29, 0.717) is 4.88 Å². The van der Waals surface area contributed by atoms with Gasteiger partial charge in [0, 0.05) is 29.0 Å². The van der Waals surface area contributed by atoms with Gasteiger partial charge in [-0.15, -0.1) is 16.4 Å². The average molecular weight is 369 g/mol. The van der Waals surface area contributed by atoms with Crippen molar-refractivity contribution in [3.05, 3.63) is 52.6 Å². The van der Waals surface area contributed by atoms with E-state index in [4.69, 9.17) is 0 Å². The third-order valence-corrected chi connectivity index (χ3v) is 5.30. The zero-order valence-corrected chi connectivity index (χ0v) is 15.1. The molecule has 0 aliphatic rings. The van der Waals surface area contributed by atoms with Crippen LogP contribution in [0.4, 0.5) is 5.69 Å². The number of hydrogen-bond acceptors (Lipinski definition) is 6. The molecule has 0 bridgehead atoms. The largest absolute Gasteiger partial charge is 0.321 e. The summed E-state index contributed by atoms with van der Waals surface area (Å²) in [7, 11) is 0. The Morgan fingerprint density at radius 3 is 3.12 bits per heavy atom. The molecule has 0 saturated carbocycles. The minimum Gasteiger partial charge on any atom is -0.321 e. The van der Waals surface area contributed by atoms with Crippen molar-refractivity contribution in [3.8, 4) is 11.3 Å². The van der Waals surface area contributed by atoms with Gasteiger partial charge in [0.2, 0.25) is 0 Å². The van der Waals surface area contributed by atoms with Gasteiger partial charge in [0.1, 0.15) is 4.88 Å². The van der Waals surface area contributed by atoms with E-state index in [2.05, 4.69) is 26.8 Å². The second-order valence-electron chi connectivity index (χ2n) is 5.55. The fourth-order valence-electron chi connectivity index (χ4n) is 2.59. The molecule has 0 aliphatic carbocycles. The number of carbonyl (C=O) groups is 1. The molecule has 6 nitrogen and oxygen atoms in total. The number of hydrogen-bond donors (Lipinski definition) is 1. The van der Waals surface area contributed by atoms with E-state index in [0.717, 1.165) is 52.0 Å². The highest BCUT2D eigenvalue weighted by Crippen LogP contribution is 2.24. The Morgan fingerprint density at radius 1 is 1.36 bits per heavy atom. The molecule has 0 fully saturated rings. The lowest BCUT2D eigenvalue weighted by Crippen LogP contribution is -2.12. The Kier molecular flexibility index (Phi) is 4.29. The van der Waals surface area contributed by atoms with Gasteiger partial charge in [-0.1, -0.05) is 30.0 Å². The van der Waals surface area contributed by atoms with Crippen molar-refractivity contribution in [2.45, 2.75) is 19.8 Å². The van der Waals surface area contributed by atoms with Crippen molar-refractivity contribution >= 4 is 39.4 Å². The molecular weight excluding hydrogens is 354 g/mol. The third kappa shape index (κ3) is 3.18. The molecule has 25 heavy (non-hydrogen) atoms. The molecule has 3 heterocycles. The van der Waals surface area contributed by atoms with Crippen molar-refractivity contribution in [1.82, 2.24) is 19.0 Å². The van der Waals surface area contributed by atoms with Crippen LogP contribution in [0.3, 0.4) is 0 Å². The summed E-state index contributed by atoms with van der Waals surface area (Å²) in [6.45, 7) is 2.06. The number of thiazole rings is 1. The number of amides is 1. The van der Waals surface area contributed by atoms with Crippen molar-refractivity contribution in [1.29, 1.82) is 0 Å². The van der Waals surface area contributed by atoms with Crippen LogP contribution in [0.15, 0.2) is 42.0 Å². The lowest BCUT2D eigenvalue weighted by atomic mass is 10.1. The summed E-state index contributed by atoms with van der Waals surface area (Å²) < 4.78 is 5.90. The molecule has 0 spiro atoms. The predicted molar refractivity (Wildman–Crippen MR) is 100 cm³/mol. The first-order valence-electron chi connectivity index (χ1n) is 7.90. The van der Waals surface area contributed by atoms with Crippen molar-refractivity contribution in [2.24, 2.45) is 0 Å². The van der Waals surface area contributed by atoms with Crippen LogP contribution in [-0.2, 0) is 6.42 Å². The molecule has 0 unspecified atom stereocenters. The summed E-state index contributed by atoms with van der Waals surface area (Å²) in [6.07, 6.45) is 5.65. The van der Waals surface area contributed by atoms with E-state index in [-0.39, 0.29) is 5.91 Å². The molecule has 4 aromatic rings. The van der Waals surface area contributed by atoms with Crippen LogP contribution in [0.5, 0.6) is 0 Å². The zero-order chi connectivity index (χ0) is 17.2. The lowest BCUT2D eigenvalue weighted by molar-refractivity contribution is 0.102. The fraction of sp³-hybridized carbons (Fsp3) is 0.176. The first-order valence-corrected chi connectivity index (χ1v) is 9.55. The van der Waals surface area contributed by atoms with Crippen molar-refractivity contribution < 1.29 is 4.79 Å². The Hall–Kier alpha value is -2.58. The lowest BCUT2D eigenvalue weighted by Gasteiger charge is -2.06. The molecule has 0 radical (unpaired) electrons. The third-order valence-electron chi connectivity index (χ3n) is 3.76. The van der Waals surface area contributed by atoms with Crippen LogP contribution < -0.4 is 5.32 Å². The predicted octanol–water partition coefficient (Wildman–Crippen LogP) is 4.12. The van der Waals surface area contributed by atoms with Crippen LogP contribution >= 0.6 is 22.9 Å². The zero-order valence-electron chi connectivity index (χ0n) is 13.5. The Labute approximate surface area is 152 Å². The van der Waals surface area contributed by atoms with Gasteiger partial charge in [0.15, 0.2) is 4.96 Å². The van der Waals surface area contributed by atoms with E-state index in [1.807, 2.05) is 46.4 Å². The Morgan fingerprint density at radius 2 is 2.28 bits per heavy atom. The summed E-state index contributed by atoms with van der Waals surface area (Å²) in [5.74, 6) is -0.165. The molecule has 3 aromatic heterocycles. The Bertz CT molecular complexity index is 1000. The summed E-state index contributed by atoms with van der Waals surface area (Å²) in [5, 5.41) is 8.99. The Balaban J connectivity index is 1.58. The fourth-order valence-corrected chi connectivity index (χ4v) is 3.90. The maximum Gasteiger partial charge on any atom is 0.269 e. The van der Waals surface area contributed by atoms with E-state index in [1.54, 1.807) is 11.3 Å². The SMILES string of the molecule is CCCc1nnsc1C(=O)Nc1cccc(-c2cn3ccsc3n2)c1. The summed E-state index contributed by atoms with van der Waals surface area (Å²) >= 11 is 2.73. The van der Waals surface area contributed by atoms with Gasteiger partial charge < -0.3 is 5.32 Å². The number of benzene rings is 1. The number of nitrogens with one attached hydrogen (secondary N) is 1. The van der Waals surface area contributed by atoms with Crippen LogP contribution in [0.25, 0.3) is 16.2 Å². The molecule has 1 amide bonds. The molecule has 0 saturated heterocycles. The van der Waals surface area contributed by atoms with Gasteiger partial charge in [-0.05, 0) is 30.1 Å². The number of anilines is 1. The number of nitrogens with zero attached hydrogens (tertiary/aromatic N) is 4.